The van der Waals surface area contributed by atoms with Crippen LogP contribution in [0.25, 0.3) is 0 Å². The Balaban J connectivity index is -0.0000000925. The van der Waals surface area contributed by atoms with E-state index in [-0.39, 0.29) is 0 Å². The van der Waals surface area contributed by atoms with E-state index in [9.17, 15) is 4.79 Å². The molecule has 114 valence electrons. The summed E-state index contributed by atoms with van der Waals surface area (Å²) < 4.78 is 31.6. The quantitative estimate of drug-likeness (QED) is 0.322. The van der Waals surface area contributed by atoms with E-state index in [1.807, 2.05) is 6.26 Å². The monoisotopic (exact) mass is 343 g/mol. The fraction of sp³-hybridized carbons (Fsp3) is 0.857. The average molecular weight is 344 g/mol. The topological polar surface area (TPSA) is 138 Å². The van der Waals surface area contributed by atoms with E-state index in [0.29, 0.717) is 6.42 Å². The molecule has 0 radical (unpaired) electrons. The zero-order chi connectivity index (χ0) is 15.8. The summed E-state index contributed by atoms with van der Waals surface area (Å²) in [6, 6.07) is -0.683. The van der Waals surface area contributed by atoms with Gasteiger partial charge in [0.1, 0.15) is 6.04 Å². The molecule has 0 heterocycles. The molecule has 1 unspecified atom stereocenters. The first kappa shape index (κ1) is 26.8. The normalized spacial score (nSPS) is 10.4. The molecule has 0 saturated carbocycles. The molecule has 7 nitrogen and oxygen atoms in total. The Morgan fingerprint density at radius 2 is 1.56 bits per heavy atom. The van der Waals surface area contributed by atoms with Crippen molar-refractivity contribution in [2.45, 2.75) is 12.5 Å². The van der Waals surface area contributed by atoms with Crippen LogP contribution in [0.15, 0.2) is 0 Å². The van der Waals surface area contributed by atoms with Crippen molar-refractivity contribution in [3.05, 3.63) is 0 Å². The molecule has 5 N–H and O–H groups in total. The summed E-state index contributed by atoms with van der Waals surface area (Å²) in [7, 11) is -4.67. The molecule has 0 aliphatic rings. The first-order valence-electron chi connectivity index (χ1n) is 4.25. The molecule has 0 aliphatic carbocycles. The molecule has 0 aromatic rings. The lowest BCUT2D eigenvalue weighted by molar-refractivity contribution is -0.138. The number of hydrogen-bond acceptors (Lipinski definition) is 7. The highest BCUT2D eigenvalue weighted by molar-refractivity contribution is 7.98. The highest BCUT2D eigenvalue weighted by Gasteiger charge is 2.08. The second-order valence-electron chi connectivity index (χ2n) is 2.17. The minimum atomic E-state index is -4.67. The summed E-state index contributed by atoms with van der Waals surface area (Å²) in [4.78, 5) is 10.1. The number of hydrogen-bond donors (Lipinski definition) is 6. The van der Waals surface area contributed by atoms with Crippen LogP contribution in [0.1, 0.15) is 6.42 Å². The van der Waals surface area contributed by atoms with E-state index in [4.69, 9.17) is 28.4 Å². The molecule has 0 aliphatic heterocycles. The van der Waals surface area contributed by atoms with Crippen LogP contribution in [0.5, 0.6) is 0 Å². The molecule has 0 aromatic heterocycles. The standard InChI is InChI=1S/C5H11NO2S.2CH4S.H2O4S/c1-9-3-2-4(6)5(7)8;2*1-2;1-5(2,3)4/h4H,2-3,6H2,1H3,(H,7,8);2*2H,1H3;(H2,1,2,3,4). The summed E-state index contributed by atoms with van der Waals surface area (Å²) >= 11 is 8.66. The molecular formula is C7H21NO6S4. The second kappa shape index (κ2) is 19.7. The van der Waals surface area contributed by atoms with Crippen LogP contribution in [0, 0.1) is 0 Å². The fourth-order valence-corrected chi connectivity index (χ4v) is 0.858. The van der Waals surface area contributed by atoms with Gasteiger partial charge in [-0.25, -0.2) is 0 Å². The molecule has 0 rings (SSSR count). The highest BCUT2D eigenvalue weighted by Crippen LogP contribution is 1.97. The van der Waals surface area contributed by atoms with Gasteiger partial charge in [-0.1, -0.05) is 0 Å². The minimum absolute atomic E-state index is 0.552. The predicted molar refractivity (Wildman–Crippen MR) is 82.6 cm³/mol. The Bertz CT molecular complexity index is 251. The summed E-state index contributed by atoms with van der Waals surface area (Å²) in [6.45, 7) is 0. The Morgan fingerprint density at radius 1 is 1.28 bits per heavy atom. The Kier molecular flexibility index (Phi) is 29.3. The number of aliphatic carboxylic acids is 1. The van der Waals surface area contributed by atoms with Crippen LogP contribution in [-0.4, -0.2) is 59.2 Å². The number of thiol groups is 2. The molecular weight excluding hydrogens is 322 g/mol. The first-order valence-corrected chi connectivity index (χ1v) is 8.83. The van der Waals surface area contributed by atoms with Crippen molar-refractivity contribution in [2.75, 3.05) is 24.5 Å². The molecule has 0 spiro atoms. The van der Waals surface area contributed by atoms with Crippen molar-refractivity contribution < 1.29 is 27.4 Å². The lowest BCUT2D eigenvalue weighted by Gasteiger charge is -2.02. The van der Waals surface area contributed by atoms with Gasteiger partial charge in [0.15, 0.2) is 0 Å². The predicted octanol–water partition coefficient (Wildman–Crippen LogP) is 0.591. The van der Waals surface area contributed by atoms with E-state index >= 15 is 0 Å². The number of nitrogens with two attached hydrogens (primary N) is 1. The van der Waals surface area contributed by atoms with Crippen LogP contribution < -0.4 is 5.73 Å². The van der Waals surface area contributed by atoms with Gasteiger partial charge in [-0.2, -0.15) is 45.4 Å². The smallest absolute Gasteiger partial charge is 0.394 e. The molecule has 0 fully saturated rings. The summed E-state index contributed by atoms with van der Waals surface area (Å²) in [5.41, 5.74) is 5.19. The molecule has 11 heteroatoms. The van der Waals surface area contributed by atoms with Crippen LogP contribution in [0.3, 0.4) is 0 Å². The van der Waals surface area contributed by atoms with Crippen molar-refractivity contribution in [2.24, 2.45) is 5.73 Å². The maximum Gasteiger partial charge on any atom is 0.394 e. The van der Waals surface area contributed by atoms with Crippen LogP contribution in [0.4, 0.5) is 0 Å². The van der Waals surface area contributed by atoms with Crippen molar-refractivity contribution in [1.82, 2.24) is 0 Å². The van der Waals surface area contributed by atoms with Crippen LogP contribution >= 0.6 is 37.0 Å². The number of carbonyl (C=O) groups is 1. The van der Waals surface area contributed by atoms with Gasteiger partial charge in [0.25, 0.3) is 0 Å². The van der Waals surface area contributed by atoms with Gasteiger partial charge in [0.05, 0.1) is 0 Å². The molecule has 0 saturated heterocycles. The van der Waals surface area contributed by atoms with Gasteiger partial charge in [0.2, 0.25) is 0 Å². The Labute approximate surface area is 123 Å². The van der Waals surface area contributed by atoms with E-state index in [1.54, 1.807) is 24.3 Å². The lowest BCUT2D eigenvalue weighted by atomic mass is 10.2. The third kappa shape index (κ3) is 55.3. The van der Waals surface area contributed by atoms with Crippen LogP contribution in [-0.2, 0) is 15.2 Å². The largest absolute Gasteiger partial charge is 0.480 e. The Hall–Kier alpha value is 0.350. The number of rotatable bonds is 4. The Morgan fingerprint density at radius 3 is 1.72 bits per heavy atom. The van der Waals surface area contributed by atoms with Crippen molar-refractivity contribution in [3.8, 4) is 0 Å². The van der Waals surface area contributed by atoms with Crippen molar-refractivity contribution >= 4 is 53.4 Å². The summed E-state index contributed by atoms with van der Waals surface area (Å²) in [5, 5.41) is 8.27. The number of carboxylic acid groups (broad SMARTS) is 1. The van der Waals surface area contributed by atoms with Gasteiger partial charge in [-0.15, -0.1) is 0 Å². The maximum atomic E-state index is 10.1. The molecule has 0 bridgehead atoms. The molecule has 18 heavy (non-hydrogen) atoms. The average Bonchev–Trinajstić information content (AvgIpc) is 2.29. The lowest BCUT2D eigenvalue weighted by Crippen LogP contribution is -2.30. The van der Waals surface area contributed by atoms with Crippen molar-refractivity contribution in [3.63, 3.8) is 0 Å². The summed E-state index contributed by atoms with van der Waals surface area (Å²) in [5.74, 6) is -0.1000. The third-order valence-corrected chi connectivity index (χ3v) is 1.59. The highest BCUT2D eigenvalue weighted by atomic mass is 32.3. The van der Waals surface area contributed by atoms with E-state index in [1.165, 1.54) is 0 Å². The zero-order valence-corrected chi connectivity index (χ0v) is 13.8. The molecule has 0 aromatic carbocycles. The molecule has 0 amide bonds. The SMILES string of the molecule is CS.CS.CSCCC(N)C(=O)O.O=S(=O)(O)O. The van der Waals surface area contributed by atoms with E-state index in [2.05, 4.69) is 25.3 Å². The van der Waals surface area contributed by atoms with E-state index < -0.39 is 22.4 Å². The van der Waals surface area contributed by atoms with Gasteiger partial charge in [-0.3, -0.25) is 13.9 Å². The number of carboxylic acids is 1. The third-order valence-electron chi connectivity index (χ3n) is 0.950. The first-order chi connectivity index (χ1) is 8.18. The number of thioether (sulfide) groups is 1. The molecule has 1 atom stereocenters. The van der Waals surface area contributed by atoms with Crippen molar-refractivity contribution in [1.29, 1.82) is 0 Å². The second-order valence-corrected chi connectivity index (χ2v) is 4.06. The fourth-order valence-electron chi connectivity index (χ4n) is 0.368. The van der Waals surface area contributed by atoms with E-state index in [0.717, 1.165) is 5.75 Å². The van der Waals surface area contributed by atoms with Gasteiger partial charge >= 0.3 is 16.4 Å². The minimum Gasteiger partial charge on any atom is -0.480 e. The summed E-state index contributed by atoms with van der Waals surface area (Å²) in [6.07, 6.45) is 5.87. The zero-order valence-electron chi connectivity index (χ0n) is 10.3. The van der Waals surface area contributed by atoms with Gasteiger partial charge < -0.3 is 10.8 Å². The van der Waals surface area contributed by atoms with Crippen LogP contribution in [0.2, 0.25) is 0 Å². The van der Waals surface area contributed by atoms with Gasteiger partial charge in [0, 0.05) is 0 Å². The van der Waals surface area contributed by atoms with Gasteiger partial charge in [-0.05, 0) is 30.9 Å². The maximum absolute atomic E-state index is 10.1.